The summed E-state index contributed by atoms with van der Waals surface area (Å²) in [6, 6.07) is 0.122. The number of anilines is 1. The van der Waals surface area contributed by atoms with Gasteiger partial charge in [-0.3, -0.25) is 4.79 Å². The van der Waals surface area contributed by atoms with Crippen LogP contribution in [0.4, 0.5) is 5.13 Å². The molecule has 0 saturated carbocycles. The number of nitrogen functional groups attached to an aromatic ring is 1. The maximum Gasteiger partial charge on any atom is 0.282 e. The van der Waals surface area contributed by atoms with Crippen molar-refractivity contribution in [2.45, 2.75) is 25.8 Å². The second-order valence-electron chi connectivity index (χ2n) is 4.16. The minimum absolute atomic E-state index is 0.122. The van der Waals surface area contributed by atoms with Gasteiger partial charge >= 0.3 is 0 Å². The highest BCUT2D eigenvalue weighted by Gasteiger charge is 2.23. The number of rotatable bonds is 3. The van der Waals surface area contributed by atoms with E-state index in [0.717, 1.165) is 37.4 Å². The SMILES string of the molecule is CC(NC(=O)c1nnc(N)s1)C1CCOCC1. The number of carbonyl (C=O) groups excluding carboxylic acids is 1. The lowest BCUT2D eigenvalue weighted by Gasteiger charge is -2.27. The maximum atomic E-state index is 11.8. The summed E-state index contributed by atoms with van der Waals surface area (Å²) in [6.45, 7) is 3.56. The Morgan fingerprint density at radius 3 is 2.82 bits per heavy atom. The Balaban J connectivity index is 1.89. The first-order valence-corrected chi connectivity index (χ1v) is 6.46. The van der Waals surface area contributed by atoms with Crippen molar-refractivity contribution >= 4 is 22.4 Å². The van der Waals surface area contributed by atoms with Crippen LogP contribution in [-0.4, -0.2) is 35.4 Å². The van der Waals surface area contributed by atoms with E-state index in [0.29, 0.717) is 16.1 Å². The largest absolute Gasteiger partial charge is 0.381 e. The summed E-state index contributed by atoms with van der Waals surface area (Å²) >= 11 is 1.10. The van der Waals surface area contributed by atoms with Crippen molar-refractivity contribution in [3.05, 3.63) is 5.01 Å². The minimum atomic E-state index is -0.196. The molecule has 0 radical (unpaired) electrons. The van der Waals surface area contributed by atoms with Crippen LogP contribution in [0.3, 0.4) is 0 Å². The van der Waals surface area contributed by atoms with Crippen LogP contribution >= 0.6 is 11.3 Å². The average Bonchev–Trinajstić information content (AvgIpc) is 2.77. The van der Waals surface area contributed by atoms with Crippen molar-refractivity contribution in [1.82, 2.24) is 15.5 Å². The molecular formula is C10H16N4O2S. The third kappa shape index (κ3) is 3.13. The highest BCUT2D eigenvalue weighted by Crippen LogP contribution is 2.19. The number of nitrogens with zero attached hydrogens (tertiary/aromatic N) is 2. The second kappa shape index (κ2) is 5.42. The van der Waals surface area contributed by atoms with Gasteiger partial charge in [-0.25, -0.2) is 0 Å². The van der Waals surface area contributed by atoms with Gasteiger partial charge in [0.05, 0.1) is 0 Å². The molecule has 1 aliphatic heterocycles. The van der Waals surface area contributed by atoms with Gasteiger partial charge in [0.1, 0.15) is 0 Å². The molecule has 3 N–H and O–H groups in total. The fraction of sp³-hybridized carbons (Fsp3) is 0.700. The monoisotopic (exact) mass is 256 g/mol. The molecule has 0 aliphatic carbocycles. The molecule has 2 heterocycles. The Labute approximate surface area is 104 Å². The zero-order valence-corrected chi connectivity index (χ0v) is 10.5. The molecular weight excluding hydrogens is 240 g/mol. The van der Waals surface area contributed by atoms with Crippen molar-refractivity contribution < 1.29 is 9.53 Å². The molecule has 1 aromatic heterocycles. The molecule has 1 aromatic rings. The Bertz CT molecular complexity index is 389. The number of aromatic nitrogens is 2. The lowest BCUT2D eigenvalue weighted by molar-refractivity contribution is 0.0538. The molecule has 1 saturated heterocycles. The van der Waals surface area contributed by atoms with E-state index in [1.807, 2.05) is 6.92 Å². The number of carbonyl (C=O) groups is 1. The van der Waals surface area contributed by atoms with Gasteiger partial charge in [-0.2, -0.15) is 0 Å². The Hall–Kier alpha value is -1.21. The lowest BCUT2D eigenvalue weighted by atomic mass is 9.93. The van der Waals surface area contributed by atoms with Crippen LogP contribution in [0.15, 0.2) is 0 Å². The zero-order chi connectivity index (χ0) is 12.3. The number of nitrogens with two attached hydrogens (primary N) is 1. The van der Waals surface area contributed by atoms with E-state index in [2.05, 4.69) is 15.5 Å². The molecule has 94 valence electrons. The summed E-state index contributed by atoms with van der Waals surface area (Å²) in [5.74, 6) is 0.274. The standard InChI is InChI=1S/C10H16N4O2S/c1-6(7-2-4-16-5-3-7)12-8(15)9-13-14-10(11)17-9/h6-7H,2-5H2,1H3,(H2,11,14)(H,12,15). The molecule has 6 nitrogen and oxygen atoms in total. The average molecular weight is 256 g/mol. The topological polar surface area (TPSA) is 90.1 Å². The molecule has 7 heteroatoms. The van der Waals surface area contributed by atoms with Gasteiger partial charge in [0.15, 0.2) is 0 Å². The summed E-state index contributed by atoms with van der Waals surface area (Å²) in [7, 11) is 0. The molecule has 0 spiro atoms. The number of amides is 1. The van der Waals surface area contributed by atoms with Gasteiger partial charge in [0.2, 0.25) is 10.1 Å². The first-order valence-electron chi connectivity index (χ1n) is 5.64. The third-order valence-electron chi connectivity index (χ3n) is 2.97. The van der Waals surface area contributed by atoms with Crippen molar-refractivity contribution in [3.8, 4) is 0 Å². The van der Waals surface area contributed by atoms with Crippen molar-refractivity contribution in [1.29, 1.82) is 0 Å². The normalized spacial score (nSPS) is 18.9. The van der Waals surface area contributed by atoms with Crippen molar-refractivity contribution in [3.63, 3.8) is 0 Å². The quantitative estimate of drug-likeness (QED) is 0.829. The van der Waals surface area contributed by atoms with E-state index in [-0.39, 0.29) is 11.9 Å². The van der Waals surface area contributed by atoms with E-state index >= 15 is 0 Å². The predicted molar refractivity (Wildman–Crippen MR) is 64.8 cm³/mol. The zero-order valence-electron chi connectivity index (χ0n) is 9.68. The molecule has 17 heavy (non-hydrogen) atoms. The van der Waals surface area contributed by atoms with Gasteiger partial charge in [-0.15, -0.1) is 10.2 Å². The molecule has 1 fully saturated rings. The number of ether oxygens (including phenoxy) is 1. The number of nitrogens with one attached hydrogen (secondary N) is 1. The molecule has 1 amide bonds. The van der Waals surface area contributed by atoms with Crippen LogP contribution in [0.1, 0.15) is 29.6 Å². The van der Waals surface area contributed by atoms with E-state index < -0.39 is 0 Å². The van der Waals surface area contributed by atoms with E-state index in [4.69, 9.17) is 10.5 Å². The highest BCUT2D eigenvalue weighted by atomic mass is 32.1. The first kappa shape index (κ1) is 12.3. The van der Waals surface area contributed by atoms with Gasteiger partial charge in [-0.1, -0.05) is 11.3 Å². The van der Waals surface area contributed by atoms with E-state index in [1.165, 1.54) is 0 Å². The van der Waals surface area contributed by atoms with Crippen molar-refractivity contribution in [2.24, 2.45) is 5.92 Å². The second-order valence-corrected chi connectivity index (χ2v) is 5.17. The summed E-state index contributed by atoms with van der Waals surface area (Å²) < 4.78 is 5.29. The van der Waals surface area contributed by atoms with Gasteiger partial charge < -0.3 is 15.8 Å². The molecule has 0 aromatic carbocycles. The fourth-order valence-corrected chi connectivity index (χ4v) is 2.44. The van der Waals surface area contributed by atoms with Crippen LogP contribution in [0, 0.1) is 5.92 Å². The third-order valence-corrected chi connectivity index (χ3v) is 3.72. The summed E-state index contributed by atoms with van der Waals surface area (Å²) in [5.41, 5.74) is 5.44. The maximum absolute atomic E-state index is 11.8. The Morgan fingerprint density at radius 1 is 1.53 bits per heavy atom. The van der Waals surface area contributed by atoms with Crippen LogP contribution in [0.2, 0.25) is 0 Å². The summed E-state index contributed by atoms with van der Waals surface area (Å²) in [6.07, 6.45) is 1.97. The van der Waals surface area contributed by atoms with Crippen LogP contribution in [0.5, 0.6) is 0 Å². The minimum Gasteiger partial charge on any atom is -0.381 e. The van der Waals surface area contributed by atoms with E-state index in [9.17, 15) is 4.79 Å². The molecule has 1 unspecified atom stereocenters. The summed E-state index contributed by atoms with van der Waals surface area (Å²) in [5, 5.41) is 10.9. The van der Waals surface area contributed by atoms with Gasteiger partial charge in [-0.05, 0) is 25.7 Å². The molecule has 1 aliphatic rings. The fourth-order valence-electron chi connectivity index (χ4n) is 1.93. The van der Waals surface area contributed by atoms with Crippen molar-refractivity contribution in [2.75, 3.05) is 18.9 Å². The van der Waals surface area contributed by atoms with Gasteiger partial charge in [0.25, 0.3) is 5.91 Å². The molecule has 2 rings (SSSR count). The van der Waals surface area contributed by atoms with Gasteiger partial charge in [0, 0.05) is 19.3 Å². The Kier molecular flexibility index (Phi) is 3.90. The van der Waals surface area contributed by atoms with Crippen LogP contribution in [-0.2, 0) is 4.74 Å². The summed E-state index contributed by atoms with van der Waals surface area (Å²) in [4.78, 5) is 11.8. The predicted octanol–water partition coefficient (Wildman–Crippen LogP) is 0.665. The molecule has 1 atom stereocenters. The first-order chi connectivity index (χ1) is 8.16. The number of hydrogen-bond donors (Lipinski definition) is 2. The van der Waals surface area contributed by atoms with Crippen LogP contribution < -0.4 is 11.1 Å². The van der Waals surface area contributed by atoms with Crippen LogP contribution in [0.25, 0.3) is 0 Å². The van der Waals surface area contributed by atoms with E-state index in [1.54, 1.807) is 0 Å². The highest BCUT2D eigenvalue weighted by molar-refractivity contribution is 7.16. The number of hydrogen-bond acceptors (Lipinski definition) is 6. The lowest BCUT2D eigenvalue weighted by Crippen LogP contribution is -2.40. The smallest absolute Gasteiger partial charge is 0.282 e. The Morgan fingerprint density at radius 2 is 2.24 bits per heavy atom. The molecule has 0 bridgehead atoms.